The van der Waals surface area contributed by atoms with Crippen LogP contribution in [0.5, 0.6) is 0 Å². The second-order valence-corrected chi connectivity index (χ2v) is 7.25. The first-order valence-corrected chi connectivity index (χ1v) is 10.2. The number of fused-ring (bicyclic) bond motifs is 1. The molecule has 2 N–H and O–H groups in total. The summed E-state index contributed by atoms with van der Waals surface area (Å²) in [5.41, 5.74) is 3.56. The number of nitrogens with one attached hydrogen (secondary N) is 2. The van der Waals surface area contributed by atoms with Gasteiger partial charge in [0.15, 0.2) is 0 Å². The number of benzene rings is 2. The number of furan rings is 1. The standard InChI is InChI=1S/C25H23N3O3/c1-3-24(29)27-18-11-9-17(10-12-18)23-14-21(20-6-4-5-7-22(20)28-23)25(30)26-15-19-13-8-16(2)31-19/h4-14H,3,15H2,1-2H3,(H,26,30)(H,27,29). The molecule has 0 atom stereocenters. The number of rotatable bonds is 6. The lowest BCUT2D eigenvalue weighted by Gasteiger charge is -2.11. The van der Waals surface area contributed by atoms with Gasteiger partial charge in [-0.3, -0.25) is 9.59 Å². The number of pyridine rings is 1. The number of carbonyl (C=O) groups is 2. The van der Waals surface area contributed by atoms with E-state index >= 15 is 0 Å². The van der Waals surface area contributed by atoms with Crippen molar-refractivity contribution in [2.24, 2.45) is 0 Å². The van der Waals surface area contributed by atoms with E-state index in [1.165, 1.54) is 0 Å². The summed E-state index contributed by atoms with van der Waals surface area (Å²) in [6.45, 7) is 3.99. The van der Waals surface area contributed by atoms with Gasteiger partial charge in [0, 0.05) is 23.1 Å². The van der Waals surface area contributed by atoms with Crippen LogP contribution in [0.4, 0.5) is 5.69 Å². The summed E-state index contributed by atoms with van der Waals surface area (Å²) in [4.78, 5) is 29.3. The van der Waals surface area contributed by atoms with E-state index in [2.05, 4.69) is 10.6 Å². The van der Waals surface area contributed by atoms with Crippen LogP contribution in [-0.4, -0.2) is 16.8 Å². The van der Waals surface area contributed by atoms with Crippen molar-refractivity contribution in [2.75, 3.05) is 5.32 Å². The number of hydrogen-bond acceptors (Lipinski definition) is 4. The molecule has 0 unspecified atom stereocenters. The average Bonchev–Trinajstić information content (AvgIpc) is 3.22. The van der Waals surface area contributed by atoms with Crippen LogP contribution in [0.3, 0.4) is 0 Å². The third kappa shape index (κ3) is 4.64. The number of hydrogen-bond donors (Lipinski definition) is 2. The zero-order valence-corrected chi connectivity index (χ0v) is 17.4. The summed E-state index contributed by atoms with van der Waals surface area (Å²) in [5.74, 6) is 1.27. The highest BCUT2D eigenvalue weighted by Crippen LogP contribution is 2.26. The molecule has 2 aromatic heterocycles. The summed E-state index contributed by atoms with van der Waals surface area (Å²) in [6, 6.07) is 20.5. The maximum absolute atomic E-state index is 13.0. The normalized spacial score (nSPS) is 10.8. The maximum Gasteiger partial charge on any atom is 0.252 e. The molecule has 0 saturated heterocycles. The Morgan fingerprint density at radius 1 is 1.00 bits per heavy atom. The van der Waals surface area contributed by atoms with Crippen molar-refractivity contribution in [2.45, 2.75) is 26.8 Å². The second-order valence-electron chi connectivity index (χ2n) is 7.25. The van der Waals surface area contributed by atoms with Crippen molar-refractivity contribution in [1.29, 1.82) is 0 Å². The molecule has 2 amide bonds. The van der Waals surface area contributed by atoms with Crippen molar-refractivity contribution in [3.8, 4) is 11.3 Å². The van der Waals surface area contributed by atoms with Gasteiger partial charge in [-0.1, -0.05) is 37.3 Å². The van der Waals surface area contributed by atoms with Crippen LogP contribution in [-0.2, 0) is 11.3 Å². The molecule has 4 aromatic rings. The molecule has 2 heterocycles. The van der Waals surface area contributed by atoms with Gasteiger partial charge in [0.25, 0.3) is 5.91 Å². The molecule has 0 saturated carbocycles. The fourth-order valence-corrected chi connectivity index (χ4v) is 3.33. The van der Waals surface area contributed by atoms with E-state index in [-0.39, 0.29) is 11.8 Å². The van der Waals surface area contributed by atoms with Crippen molar-refractivity contribution < 1.29 is 14.0 Å². The number of para-hydroxylation sites is 1. The molecule has 0 aliphatic rings. The van der Waals surface area contributed by atoms with E-state index in [0.717, 1.165) is 27.9 Å². The van der Waals surface area contributed by atoms with Crippen LogP contribution in [0.25, 0.3) is 22.2 Å². The van der Waals surface area contributed by atoms with Crippen LogP contribution >= 0.6 is 0 Å². The highest BCUT2D eigenvalue weighted by Gasteiger charge is 2.14. The average molecular weight is 413 g/mol. The lowest BCUT2D eigenvalue weighted by molar-refractivity contribution is -0.115. The van der Waals surface area contributed by atoms with Gasteiger partial charge in [-0.25, -0.2) is 4.98 Å². The monoisotopic (exact) mass is 413 g/mol. The number of nitrogens with zero attached hydrogens (tertiary/aromatic N) is 1. The molecule has 0 spiro atoms. The minimum Gasteiger partial charge on any atom is -0.465 e. The van der Waals surface area contributed by atoms with E-state index in [4.69, 9.17) is 9.40 Å². The third-order valence-electron chi connectivity index (χ3n) is 4.97. The largest absolute Gasteiger partial charge is 0.465 e. The quantitative estimate of drug-likeness (QED) is 0.462. The Balaban J connectivity index is 1.64. The number of amides is 2. The van der Waals surface area contributed by atoms with Crippen LogP contribution in [0.15, 0.2) is 71.1 Å². The molecule has 0 bridgehead atoms. The van der Waals surface area contributed by atoms with Gasteiger partial charge in [0.05, 0.1) is 23.3 Å². The van der Waals surface area contributed by atoms with Crippen molar-refractivity contribution in [1.82, 2.24) is 10.3 Å². The van der Waals surface area contributed by atoms with Gasteiger partial charge in [0.2, 0.25) is 5.91 Å². The number of anilines is 1. The first-order valence-electron chi connectivity index (χ1n) is 10.2. The zero-order valence-electron chi connectivity index (χ0n) is 17.4. The SMILES string of the molecule is CCC(=O)Nc1ccc(-c2cc(C(=O)NCc3ccc(C)o3)c3ccccc3n2)cc1. The molecule has 0 radical (unpaired) electrons. The maximum atomic E-state index is 13.0. The Morgan fingerprint density at radius 2 is 1.77 bits per heavy atom. The van der Waals surface area contributed by atoms with E-state index in [0.29, 0.717) is 30.0 Å². The molecule has 4 rings (SSSR count). The zero-order chi connectivity index (χ0) is 21.8. The van der Waals surface area contributed by atoms with E-state index in [1.807, 2.05) is 74.5 Å². The summed E-state index contributed by atoms with van der Waals surface area (Å²) >= 11 is 0. The lowest BCUT2D eigenvalue weighted by atomic mass is 10.0. The van der Waals surface area contributed by atoms with Gasteiger partial charge in [-0.05, 0) is 43.3 Å². The Hall–Kier alpha value is -3.93. The van der Waals surface area contributed by atoms with Gasteiger partial charge in [-0.2, -0.15) is 0 Å². The van der Waals surface area contributed by atoms with Crippen molar-refractivity contribution in [3.05, 3.63) is 83.8 Å². The molecule has 0 aliphatic carbocycles. The predicted octanol–water partition coefficient (Wildman–Crippen LogP) is 5.08. The lowest BCUT2D eigenvalue weighted by Crippen LogP contribution is -2.23. The Morgan fingerprint density at radius 3 is 2.48 bits per heavy atom. The second kappa shape index (κ2) is 8.83. The Labute approximate surface area is 180 Å². The molecule has 2 aromatic carbocycles. The summed E-state index contributed by atoms with van der Waals surface area (Å²) in [7, 11) is 0. The Kier molecular flexibility index (Phi) is 5.80. The molecular formula is C25H23N3O3. The van der Waals surface area contributed by atoms with E-state index in [9.17, 15) is 9.59 Å². The number of aromatic nitrogens is 1. The topological polar surface area (TPSA) is 84.2 Å². The Bertz CT molecular complexity index is 1240. The smallest absolute Gasteiger partial charge is 0.252 e. The van der Waals surface area contributed by atoms with Crippen molar-refractivity contribution >= 4 is 28.4 Å². The predicted molar refractivity (Wildman–Crippen MR) is 121 cm³/mol. The first kappa shape index (κ1) is 20.3. The molecule has 6 heteroatoms. The minimum absolute atomic E-state index is 0.0395. The molecule has 31 heavy (non-hydrogen) atoms. The number of aryl methyl sites for hydroxylation is 1. The fraction of sp³-hybridized carbons (Fsp3) is 0.160. The summed E-state index contributed by atoms with van der Waals surface area (Å²) in [6.07, 6.45) is 0.421. The van der Waals surface area contributed by atoms with Crippen molar-refractivity contribution in [3.63, 3.8) is 0 Å². The van der Waals surface area contributed by atoms with Gasteiger partial charge in [0.1, 0.15) is 11.5 Å². The van der Waals surface area contributed by atoms with Crippen LogP contribution in [0, 0.1) is 6.92 Å². The van der Waals surface area contributed by atoms with Gasteiger partial charge in [-0.15, -0.1) is 0 Å². The van der Waals surface area contributed by atoms with E-state index < -0.39 is 0 Å². The molecular weight excluding hydrogens is 390 g/mol. The molecule has 156 valence electrons. The molecule has 0 aliphatic heterocycles. The molecule has 6 nitrogen and oxygen atoms in total. The summed E-state index contributed by atoms with van der Waals surface area (Å²) < 4.78 is 5.54. The van der Waals surface area contributed by atoms with Crippen LogP contribution < -0.4 is 10.6 Å². The summed E-state index contributed by atoms with van der Waals surface area (Å²) in [5, 5.41) is 6.54. The first-order chi connectivity index (χ1) is 15.0. The fourth-order valence-electron chi connectivity index (χ4n) is 3.33. The number of carbonyl (C=O) groups excluding carboxylic acids is 2. The highest BCUT2D eigenvalue weighted by atomic mass is 16.3. The van der Waals surface area contributed by atoms with Gasteiger partial charge >= 0.3 is 0 Å². The van der Waals surface area contributed by atoms with Crippen LogP contribution in [0.2, 0.25) is 0 Å². The minimum atomic E-state index is -0.194. The van der Waals surface area contributed by atoms with E-state index in [1.54, 1.807) is 6.07 Å². The highest BCUT2D eigenvalue weighted by molar-refractivity contribution is 6.07. The molecule has 0 fully saturated rings. The third-order valence-corrected chi connectivity index (χ3v) is 4.97. The van der Waals surface area contributed by atoms with Crippen LogP contribution in [0.1, 0.15) is 35.2 Å². The van der Waals surface area contributed by atoms with Gasteiger partial charge < -0.3 is 15.1 Å².